The van der Waals surface area contributed by atoms with E-state index in [-0.39, 0.29) is 11.2 Å². The minimum absolute atomic E-state index is 0.286. The maximum Gasteiger partial charge on any atom is 0.328 e. The van der Waals surface area contributed by atoms with Crippen LogP contribution in [0.25, 0.3) is 10.9 Å². The summed E-state index contributed by atoms with van der Waals surface area (Å²) in [5.74, 6) is 1.97. The van der Waals surface area contributed by atoms with E-state index >= 15 is 0 Å². The third-order valence-corrected chi connectivity index (χ3v) is 5.63. The largest absolute Gasteiger partial charge is 0.495 e. The van der Waals surface area contributed by atoms with E-state index in [2.05, 4.69) is 20.9 Å². The number of nitrogens with zero attached hydrogens (tertiary/aromatic N) is 3. The van der Waals surface area contributed by atoms with E-state index in [0.717, 1.165) is 37.6 Å². The van der Waals surface area contributed by atoms with Crippen molar-refractivity contribution in [3.8, 4) is 5.75 Å². The maximum absolute atomic E-state index is 12.8. The minimum Gasteiger partial charge on any atom is -0.495 e. The summed E-state index contributed by atoms with van der Waals surface area (Å²) in [5, 5.41) is 0.461. The summed E-state index contributed by atoms with van der Waals surface area (Å²) in [6.07, 6.45) is 0. The van der Waals surface area contributed by atoms with Crippen molar-refractivity contribution >= 4 is 16.6 Å². The Labute approximate surface area is 168 Å². The van der Waals surface area contributed by atoms with Crippen LogP contribution in [0.2, 0.25) is 0 Å². The summed E-state index contributed by atoms with van der Waals surface area (Å²) in [7, 11) is 1.68. The average molecular weight is 398 g/mol. The lowest BCUT2D eigenvalue weighted by atomic mass is 10.2. The lowest BCUT2D eigenvalue weighted by Gasteiger charge is -2.36. The van der Waals surface area contributed by atoms with Gasteiger partial charge in [0.1, 0.15) is 22.7 Å². The zero-order valence-corrected chi connectivity index (χ0v) is 17.0. The summed E-state index contributed by atoms with van der Waals surface area (Å²) in [4.78, 5) is 32.6. The fraction of sp³-hybridized carbons (Fsp3) is 0.429. The van der Waals surface area contributed by atoms with Gasteiger partial charge in [0, 0.05) is 39.3 Å². The Morgan fingerprint density at radius 1 is 1.03 bits per heavy atom. The van der Waals surface area contributed by atoms with Gasteiger partial charge in [-0.3, -0.25) is 14.3 Å². The van der Waals surface area contributed by atoms with E-state index < -0.39 is 0 Å². The molecule has 4 rings (SSSR count). The van der Waals surface area contributed by atoms with Gasteiger partial charge >= 0.3 is 5.69 Å². The van der Waals surface area contributed by atoms with Crippen LogP contribution in [0, 0.1) is 13.8 Å². The summed E-state index contributed by atoms with van der Waals surface area (Å²) in [6, 6.07) is 8.01. The number of anilines is 1. The molecule has 0 saturated carbocycles. The number of furan rings is 1. The quantitative estimate of drug-likeness (QED) is 0.705. The molecule has 1 aromatic carbocycles. The van der Waals surface area contributed by atoms with E-state index in [9.17, 15) is 9.59 Å². The highest BCUT2D eigenvalue weighted by atomic mass is 16.5. The molecule has 0 radical (unpaired) electrons. The van der Waals surface area contributed by atoms with Crippen molar-refractivity contribution in [3.63, 3.8) is 0 Å². The van der Waals surface area contributed by atoms with Gasteiger partial charge in [0.15, 0.2) is 0 Å². The number of nitrogens with one attached hydrogen (secondary N) is 1. The molecule has 8 nitrogen and oxygen atoms in total. The molecule has 0 unspecified atom stereocenters. The Morgan fingerprint density at radius 2 is 1.76 bits per heavy atom. The van der Waals surface area contributed by atoms with Crippen LogP contribution in [0.5, 0.6) is 5.75 Å². The second kappa shape index (κ2) is 7.79. The Hall–Kier alpha value is -3.00. The number of benzene rings is 1. The summed E-state index contributed by atoms with van der Waals surface area (Å²) in [5.41, 5.74) is 0.919. The van der Waals surface area contributed by atoms with E-state index in [1.807, 2.05) is 18.2 Å². The molecule has 0 bridgehead atoms. The molecule has 8 heteroatoms. The normalized spacial score (nSPS) is 15.2. The predicted octanol–water partition coefficient (Wildman–Crippen LogP) is 1.73. The second-order valence-corrected chi connectivity index (χ2v) is 7.35. The van der Waals surface area contributed by atoms with Gasteiger partial charge < -0.3 is 19.0 Å². The van der Waals surface area contributed by atoms with Crippen LogP contribution >= 0.6 is 0 Å². The number of hydrogen-bond donors (Lipinski definition) is 1. The second-order valence-electron chi connectivity index (χ2n) is 7.35. The van der Waals surface area contributed by atoms with Gasteiger partial charge in [0.25, 0.3) is 5.56 Å². The van der Waals surface area contributed by atoms with Gasteiger partial charge in [-0.25, -0.2) is 4.79 Å². The number of hydrogen-bond acceptors (Lipinski definition) is 6. The number of aryl methyl sites for hydroxylation is 2. The van der Waals surface area contributed by atoms with Gasteiger partial charge in [-0.15, -0.1) is 0 Å². The first-order valence-corrected chi connectivity index (χ1v) is 9.82. The van der Waals surface area contributed by atoms with Crippen LogP contribution in [0.4, 0.5) is 5.69 Å². The maximum atomic E-state index is 12.8. The lowest BCUT2D eigenvalue weighted by molar-refractivity contribution is 0.245. The van der Waals surface area contributed by atoms with Crippen molar-refractivity contribution in [3.05, 3.63) is 56.6 Å². The molecule has 1 fully saturated rings. The topological polar surface area (TPSA) is 83.7 Å². The van der Waals surface area contributed by atoms with E-state index in [1.54, 1.807) is 21.0 Å². The average Bonchev–Trinajstić information content (AvgIpc) is 3.01. The molecule has 0 aliphatic carbocycles. The molecule has 2 aromatic heterocycles. The monoisotopic (exact) mass is 398 g/mol. The summed E-state index contributed by atoms with van der Waals surface area (Å²) in [6.45, 7) is 7.93. The molecule has 0 atom stereocenters. The zero-order chi connectivity index (χ0) is 20.5. The van der Waals surface area contributed by atoms with E-state index in [0.29, 0.717) is 35.5 Å². The molecule has 3 aromatic rings. The van der Waals surface area contributed by atoms with Crippen LogP contribution < -0.4 is 20.9 Å². The highest BCUT2D eigenvalue weighted by Crippen LogP contribution is 2.28. The van der Waals surface area contributed by atoms with Crippen molar-refractivity contribution in [1.82, 2.24) is 14.5 Å². The molecule has 1 aliphatic rings. The van der Waals surface area contributed by atoms with Crippen molar-refractivity contribution in [2.45, 2.75) is 20.4 Å². The van der Waals surface area contributed by atoms with Crippen LogP contribution in [-0.4, -0.2) is 54.3 Å². The number of fused-ring (bicyclic) bond motifs is 1. The molecule has 154 valence electrons. The summed E-state index contributed by atoms with van der Waals surface area (Å²) < 4.78 is 12.3. The first kappa shape index (κ1) is 19.3. The fourth-order valence-corrected chi connectivity index (χ4v) is 4.04. The predicted molar refractivity (Wildman–Crippen MR) is 112 cm³/mol. The number of rotatable bonds is 5. The number of aromatic amines is 1. The van der Waals surface area contributed by atoms with Crippen LogP contribution in [-0.2, 0) is 6.54 Å². The number of para-hydroxylation sites is 2. The lowest BCUT2D eigenvalue weighted by Crippen LogP contribution is -2.48. The Bertz CT molecular complexity index is 1140. The van der Waals surface area contributed by atoms with E-state index in [4.69, 9.17) is 9.15 Å². The highest BCUT2D eigenvalue weighted by molar-refractivity contribution is 5.81. The molecule has 1 saturated heterocycles. The van der Waals surface area contributed by atoms with Crippen molar-refractivity contribution in [2.24, 2.45) is 0 Å². The van der Waals surface area contributed by atoms with E-state index in [1.165, 1.54) is 4.57 Å². The number of piperazine rings is 1. The third-order valence-electron chi connectivity index (χ3n) is 5.63. The number of aromatic nitrogens is 2. The first-order chi connectivity index (χ1) is 14.0. The summed E-state index contributed by atoms with van der Waals surface area (Å²) >= 11 is 0. The highest BCUT2D eigenvalue weighted by Gasteiger charge is 2.20. The van der Waals surface area contributed by atoms with Crippen molar-refractivity contribution < 1.29 is 9.15 Å². The van der Waals surface area contributed by atoms with Crippen molar-refractivity contribution in [1.29, 1.82) is 0 Å². The number of methoxy groups -OCH3 is 1. The molecule has 3 heterocycles. The van der Waals surface area contributed by atoms with Crippen LogP contribution in [0.15, 0.2) is 38.3 Å². The minimum atomic E-state index is -0.390. The van der Waals surface area contributed by atoms with Gasteiger partial charge in [-0.05, 0) is 26.0 Å². The molecular weight excluding hydrogens is 372 g/mol. The van der Waals surface area contributed by atoms with Gasteiger partial charge in [-0.2, -0.15) is 0 Å². The smallest absolute Gasteiger partial charge is 0.328 e. The molecule has 0 amide bonds. The molecule has 1 N–H and O–H groups in total. The molecular formula is C21H26N4O4. The Morgan fingerprint density at radius 3 is 2.48 bits per heavy atom. The van der Waals surface area contributed by atoms with Gasteiger partial charge in [-0.1, -0.05) is 12.1 Å². The Balaban J connectivity index is 1.44. The zero-order valence-electron chi connectivity index (χ0n) is 17.0. The number of H-pyrrole nitrogens is 1. The molecule has 29 heavy (non-hydrogen) atoms. The van der Waals surface area contributed by atoms with Gasteiger partial charge in [0.05, 0.1) is 18.3 Å². The third kappa shape index (κ3) is 3.55. The SMILES string of the molecule is COc1ccccc1N1CCN(CCn2c(=O)[nH]c3c(C)oc(C)c3c2=O)CC1. The molecule has 0 spiro atoms. The number of ether oxygens (including phenoxy) is 1. The van der Waals surface area contributed by atoms with Crippen molar-refractivity contribution in [2.75, 3.05) is 44.7 Å². The standard InChI is InChI=1S/C21H26N4O4/c1-14-18-19(15(2)29-14)22-21(27)25(20(18)26)13-10-23-8-11-24(12-9-23)16-6-4-5-7-17(16)28-3/h4-7H,8-13H2,1-3H3,(H,22,27). The van der Waals surface area contributed by atoms with Crippen LogP contribution in [0.1, 0.15) is 11.5 Å². The van der Waals surface area contributed by atoms with Crippen LogP contribution in [0.3, 0.4) is 0 Å². The Kier molecular flexibility index (Phi) is 5.19. The first-order valence-electron chi connectivity index (χ1n) is 9.82. The fourth-order valence-electron chi connectivity index (χ4n) is 4.04. The van der Waals surface area contributed by atoms with Gasteiger partial charge in [0.2, 0.25) is 0 Å². The molecule has 1 aliphatic heterocycles.